The van der Waals surface area contributed by atoms with E-state index in [9.17, 15) is 18.0 Å². The van der Waals surface area contributed by atoms with E-state index in [0.29, 0.717) is 0 Å². The summed E-state index contributed by atoms with van der Waals surface area (Å²) in [6.07, 6.45) is 3.33. The molecule has 2 atom stereocenters. The van der Waals surface area contributed by atoms with Crippen LogP contribution in [0.1, 0.15) is 33.7 Å². The SMILES string of the molecule is NC(=O)c1ccc(C(=O)N[C@@H]2CS(=O)(=O)C[C@H]2N2CCCC2)nc1. The van der Waals surface area contributed by atoms with Gasteiger partial charge in [-0.25, -0.2) is 8.42 Å². The Bertz CT molecular complexity index is 741. The molecule has 2 aliphatic heterocycles. The highest BCUT2D eigenvalue weighted by molar-refractivity contribution is 7.91. The number of carbonyl (C=O) groups excluding carboxylic acids is 2. The smallest absolute Gasteiger partial charge is 0.270 e. The van der Waals surface area contributed by atoms with Gasteiger partial charge in [0.1, 0.15) is 5.69 Å². The van der Waals surface area contributed by atoms with E-state index in [4.69, 9.17) is 5.73 Å². The topological polar surface area (TPSA) is 122 Å². The van der Waals surface area contributed by atoms with E-state index in [-0.39, 0.29) is 28.8 Å². The van der Waals surface area contributed by atoms with Crippen LogP contribution in [0.3, 0.4) is 0 Å². The second-order valence-electron chi connectivity index (χ2n) is 6.26. The molecular formula is C15H20N4O4S. The van der Waals surface area contributed by atoms with E-state index in [0.717, 1.165) is 25.9 Å². The predicted molar refractivity (Wildman–Crippen MR) is 87.3 cm³/mol. The van der Waals surface area contributed by atoms with Crippen LogP contribution in [0.2, 0.25) is 0 Å². The highest BCUT2D eigenvalue weighted by atomic mass is 32.2. The fourth-order valence-corrected chi connectivity index (χ4v) is 5.27. The van der Waals surface area contributed by atoms with Gasteiger partial charge >= 0.3 is 0 Å². The van der Waals surface area contributed by atoms with Gasteiger partial charge in [-0.1, -0.05) is 0 Å². The van der Waals surface area contributed by atoms with Crippen LogP contribution in [-0.2, 0) is 9.84 Å². The summed E-state index contributed by atoms with van der Waals surface area (Å²) in [6.45, 7) is 1.72. The lowest BCUT2D eigenvalue weighted by molar-refractivity contribution is 0.0911. The van der Waals surface area contributed by atoms with Crippen molar-refractivity contribution >= 4 is 21.7 Å². The predicted octanol–water partition coefficient (Wildman–Crippen LogP) is -0.828. The zero-order chi connectivity index (χ0) is 17.3. The van der Waals surface area contributed by atoms with Crippen LogP contribution in [-0.4, -0.2) is 66.8 Å². The van der Waals surface area contributed by atoms with Crippen molar-refractivity contribution < 1.29 is 18.0 Å². The van der Waals surface area contributed by atoms with Crippen molar-refractivity contribution in [3.63, 3.8) is 0 Å². The third kappa shape index (κ3) is 3.57. The van der Waals surface area contributed by atoms with Crippen LogP contribution in [0.25, 0.3) is 0 Å². The summed E-state index contributed by atoms with van der Waals surface area (Å²) in [5.41, 5.74) is 5.48. The van der Waals surface area contributed by atoms with E-state index >= 15 is 0 Å². The van der Waals surface area contributed by atoms with Crippen molar-refractivity contribution in [3.05, 3.63) is 29.6 Å². The number of nitrogens with two attached hydrogens (primary N) is 1. The number of rotatable bonds is 4. The molecule has 3 N–H and O–H groups in total. The number of aromatic nitrogens is 1. The number of primary amides is 1. The van der Waals surface area contributed by atoms with Gasteiger partial charge in [0.2, 0.25) is 5.91 Å². The monoisotopic (exact) mass is 352 g/mol. The Morgan fingerprint density at radius 2 is 1.92 bits per heavy atom. The average molecular weight is 352 g/mol. The van der Waals surface area contributed by atoms with Crippen LogP contribution in [0.5, 0.6) is 0 Å². The zero-order valence-corrected chi connectivity index (χ0v) is 14.0. The molecule has 1 aromatic heterocycles. The van der Waals surface area contributed by atoms with Crippen LogP contribution < -0.4 is 11.1 Å². The highest BCUT2D eigenvalue weighted by Gasteiger charge is 2.42. The summed E-state index contributed by atoms with van der Waals surface area (Å²) in [4.78, 5) is 29.4. The minimum absolute atomic E-state index is 0.0563. The molecule has 0 spiro atoms. The Morgan fingerprint density at radius 1 is 1.21 bits per heavy atom. The van der Waals surface area contributed by atoms with Crippen molar-refractivity contribution in [2.24, 2.45) is 5.73 Å². The molecule has 2 fully saturated rings. The summed E-state index contributed by atoms with van der Waals surface area (Å²) >= 11 is 0. The van der Waals surface area contributed by atoms with Gasteiger partial charge in [0.25, 0.3) is 5.91 Å². The normalized spacial score (nSPS) is 26.3. The lowest BCUT2D eigenvalue weighted by Crippen LogP contribution is -2.50. The van der Waals surface area contributed by atoms with Crippen molar-refractivity contribution in [2.45, 2.75) is 24.9 Å². The van der Waals surface area contributed by atoms with Gasteiger partial charge in [-0.05, 0) is 38.1 Å². The van der Waals surface area contributed by atoms with Crippen molar-refractivity contribution in [3.8, 4) is 0 Å². The first-order valence-corrected chi connectivity index (χ1v) is 9.69. The van der Waals surface area contributed by atoms with Gasteiger partial charge in [-0.2, -0.15) is 0 Å². The Morgan fingerprint density at radius 3 is 2.50 bits per heavy atom. The number of likely N-dealkylation sites (tertiary alicyclic amines) is 1. The summed E-state index contributed by atoms with van der Waals surface area (Å²) in [5.74, 6) is -1.05. The Labute approximate surface area is 140 Å². The Hall–Kier alpha value is -2.00. The highest BCUT2D eigenvalue weighted by Crippen LogP contribution is 2.22. The second kappa shape index (κ2) is 6.48. The van der Waals surface area contributed by atoms with E-state index in [1.165, 1.54) is 18.3 Å². The van der Waals surface area contributed by atoms with E-state index in [1.807, 2.05) is 0 Å². The fraction of sp³-hybridized carbons (Fsp3) is 0.533. The van der Waals surface area contributed by atoms with Crippen LogP contribution >= 0.6 is 0 Å². The molecule has 3 rings (SSSR count). The number of nitrogens with one attached hydrogen (secondary N) is 1. The van der Waals surface area contributed by atoms with Gasteiger partial charge < -0.3 is 11.1 Å². The first kappa shape index (κ1) is 16.8. The maximum absolute atomic E-state index is 12.4. The Kier molecular flexibility index (Phi) is 4.55. The molecule has 130 valence electrons. The molecule has 1 aromatic rings. The average Bonchev–Trinajstić information content (AvgIpc) is 3.14. The van der Waals surface area contributed by atoms with Gasteiger partial charge in [0.05, 0.1) is 23.1 Å². The summed E-state index contributed by atoms with van der Waals surface area (Å²) < 4.78 is 24.0. The van der Waals surface area contributed by atoms with Gasteiger partial charge in [0, 0.05) is 12.2 Å². The molecule has 3 heterocycles. The maximum atomic E-state index is 12.4. The number of sulfone groups is 1. The second-order valence-corrected chi connectivity index (χ2v) is 8.42. The molecule has 0 aliphatic carbocycles. The molecule has 0 aromatic carbocycles. The molecule has 24 heavy (non-hydrogen) atoms. The molecular weight excluding hydrogens is 332 g/mol. The van der Waals surface area contributed by atoms with Crippen LogP contribution in [0.4, 0.5) is 0 Å². The number of carbonyl (C=O) groups is 2. The summed E-state index contributed by atoms with van der Waals surface area (Å²) in [7, 11) is -3.17. The number of hydrogen-bond donors (Lipinski definition) is 2. The van der Waals surface area contributed by atoms with Gasteiger partial charge in [-0.3, -0.25) is 19.5 Å². The fourth-order valence-electron chi connectivity index (χ4n) is 3.32. The van der Waals surface area contributed by atoms with Crippen LogP contribution in [0.15, 0.2) is 18.3 Å². The molecule has 0 bridgehead atoms. The molecule has 8 nitrogen and oxygen atoms in total. The zero-order valence-electron chi connectivity index (χ0n) is 13.1. The molecule has 2 saturated heterocycles. The standard InChI is InChI=1S/C15H20N4O4S/c16-14(20)10-3-4-11(17-7-10)15(21)18-12-8-24(22,23)9-13(12)19-5-1-2-6-19/h3-4,7,12-13H,1-2,5-6,8-9H2,(H2,16,20)(H,18,21)/t12-,13-/m1/s1. The number of pyridine rings is 1. The summed E-state index contributed by atoms with van der Waals surface area (Å²) in [6, 6.07) is 2.20. The van der Waals surface area contributed by atoms with Gasteiger partial charge in [-0.15, -0.1) is 0 Å². The molecule has 2 amide bonds. The van der Waals surface area contributed by atoms with Crippen molar-refractivity contribution in [1.29, 1.82) is 0 Å². The lowest BCUT2D eigenvalue weighted by atomic mass is 10.1. The minimum atomic E-state index is -3.17. The largest absolute Gasteiger partial charge is 0.366 e. The summed E-state index contributed by atoms with van der Waals surface area (Å²) in [5, 5.41) is 2.79. The molecule has 2 aliphatic rings. The van der Waals surface area contributed by atoms with Gasteiger partial charge in [0.15, 0.2) is 9.84 Å². The van der Waals surface area contributed by atoms with Crippen molar-refractivity contribution in [1.82, 2.24) is 15.2 Å². The lowest BCUT2D eigenvalue weighted by Gasteiger charge is -2.28. The minimum Gasteiger partial charge on any atom is -0.366 e. The van der Waals surface area contributed by atoms with Crippen LogP contribution in [0, 0.1) is 0 Å². The molecule has 0 unspecified atom stereocenters. The Balaban J connectivity index is 1.72. The van der Waals surface area contributed by atoms with Crippen molar-refractivity contribution in [2.75, 3.05) is 24.6 Å². The third-order valence-electron chi connectivity index (χ3n) is 4.53. The number of hydrogen-bond acceptors (Lipinski definition) is 6. The first-order valence-electron chi connectivity index (χ1n) is 7.87. The number of amides is 2. The molecule has 9 heteroatoms. The maximum Gasteiger partial charge on any atom is 0.270 e. The molecule has 0 radical (unpaired) electrons. The van der Waals surface area contributed by atoms with E-state index < -0.39 is 27.7 Å². The van der Waals surface area contributed by atoms with E-state index in [1.54, 1.807) is 0 Å². The molecule has 0 saturated carbocycles. The third-order valence-corrected chi connectivity index (χ3v) is 6.25. The van der Waals surface area contributed by atoms with E-state index in [2.05, 4.69) is 15.2 Å². The number of nitrogens with zero attached hydrogens (tertiary/aromatic N) is 2. The quantitative estimate of drug-likeness (QED) is 0.729. The first-order chi connectivity index (χ1) is 11.4.